The molecule has 0 saturated carbocycles. The Morgan fingerprint density at radius 1 is 1.05 bits per heavy atom. The van der Waals surface area contributed by atoms with E-state index in [9.17, 15) is 4.79 Å². The first-order valence-corrected chi connectivity index (χ1v) is 6.77. The largest absolute Gasteiger partial charge is 0.497 e. The number of nitrogen functional groups attached to an aromatic ring is 2. The summed E-state index contributed by atoms with van der Waals surface area (Å²) in [5.41, 5.74) is 14.3. The number of fused-ring (bicyclic) bond motifs is 1. The van der Waals surface area contributed by atoms with E-state index in [1.54, 1.807) is 50.4 Å². The van der Waals surface area contributed by atoms with Crippen molar-refractivity contribution in [3.05, 3.63) is 52.2 Å². The molecule has 0 aliphatic heterocycles. The number of anilines is 2. The molecule has 4 N–H and O–H groups in total. The summed E-state index contributed by atoms with van der Waals surface area (Å²) < 4.78 is 11.1. The van der Waals surface area contributed by atoms with E-state index in [-0.39, 0.29) is 5.43 Å². The highest BCUT2D eigenvalue weighted by molar-refractivity contribution is 5.82. The van der Waals surface area contributed by atoms with Gasteiger partial charge in [-0.25, -0.2) is 0 Å². The monoisotopic (exact) mass is 296 g/mol. The number of nitrogens with two attached hydrogens (primary N) is 2. The lowest BCUT2D eigenvalue weighted by molar-refractivity contribution is 0.414. The van der Waals surface area contributed by atoms with Crippen LogP contribution in [0.2, 0.25) is 0 Å². The Kier molecular flexibility index (Phi) is 3.25. The van der Waals surface area contributed by atoms with Crippen LogP contribution in [0.15, 0.2) is 45.6 Å². The number of benzene rings is 2. The van der Waals surface area contributed by atoms with Crippen LogP contribution in [-0.2, 0) is 0 Å². The van der Waals surface area contributed by atoms with Crippen LogP contribution in [0.5, 0.6) is 5.75 Å². The van der Waals surface area contributed by atoms with E-state index in [1.165, 1.54) is 0 Å². The molecule has 5 nitrogen and oxygen atoms in total. The first kappa shape index (κ1) is 14.0. The number of ether oxygens (including phenoxy) is 1. The summed E-state index contributed by atoms with van der Waals surface area (Å²) in [6.07, 6.45) is 0. The second-order valence-corrected chi connectivity index (χ2v) is 5.14. The lowest BCUT2D eigenvalue weighted by Gasteiger charge is -2.09. The Morgan fingerprint density at radius 2 is 1.73 bits per heavy atom. The van der Waals surface area contributed by atoms with Crippen molar-refractivity contribution in [3.8, 4) is 17.1 Å². The van der Waals surface area contributed by atoms with Crippen molar-refractivity contribution in [2.45, 2.75) is 6.92 Å². The Morgan fingerprint density at radius 3 is 2.36 bits per heavy atom. The van der Waals surface area contributed by atoms with Crippen molar-refractivity contribution in [3.63, 3.8) is 0 Å². The molecule has 0 atom stereocenters. The minimum Gasteiger partial charge on any atom is -0.497 e. The maximum absolute atomic E-state index is 12.5. The molecular weight excluding hydrogens is 280 g/mol. The second kappa shape index (κ2) is 5.11. The molecule has 0 unspecified atom stereocenters. The third-order valence-corrected chi connectivity index (χ3v) is 3.57. The van der Waals surface area contributed by atoms with E-state index in [4.69, 9.17) is 20.6 Å². The zero-order valence-corrected chi connectivity index (χ0v) is 12.3. The molecule has 3 rings (SSSR count). The van der Waals surface area contributed by atoms with Gasteiger partial charge in [0.2, 0.25) is 0 Å². The standard InChI is InChI=1S/C17H16N2O3/c1-9-16(20)14-4-3-13(21-2)8-15(14)22-17(9)10-5-11(18)7-12(19)6-10/h3-8H,18-19H2,1-2H3. The summed E-state index contributed by atoms with van der Waals surface area (Å²) in [7, 11) is 1.56. The molecule has 0 fully saturated rings. The van der Waals surface area contributed by atoms with Gasteiger partial charge in [0.25, 0.3) is 0 Å². The van der Waals surface area contributed by atoms with E-state index in [0.29, 0.717) is 45.0 Å². The van der Waals surface area contributed by atoms with Crippen molar-refractivity contribution in [1.29, 1.82) is 0 Å². The fraction of sp³-hybridized carbons (Fsp3) is 0.118. The predicted molar refractivity (Wildman–Crippen MR) is 88.0 cm³/mol. The van der Waals surface area contributed by atoms with Gasteiger partial charge in [-0.05, 0) is 37.3 Å². The van der Waals surface area contributed by atoms with Gasteiger partial charge in [-0.1, -0.05) is 0 Å². The van der Waals surface area contributed by atoms with Crippen molar-refractivity contribution in [2.24, 2.45) is 0 Å². The first-order chi connectivity index (χ1) is 10.5. The molecule has 22 heavy (non-hydrogen) atoms. The van der Waals surface area contributed by atoms with Crippen molar-refractivity contribution >= 4 is 22.3 Å². The van der Waals surface area contributed by atoms with Crippen LogP contribution in [0, 0.1) is 6.92 Å². The van der Waals surface area contributed by atoms with Crippen LogP contribution in [0.25, 0.3) is 22.3 Å². The topological polar surface area (TPSA) is 91.5 Å². The quantitative estimate of drug-likeness (QED) is 0.709. The predicted octanol–water partition coefficient (Wildman–Crippen LogP) is 2.94. The van der Waals surface area contributed by atoms with Gasteiger partial charge in [0, 0.05) is 28.6 Å². The van der Waals surface area contributed by atoms with Crippen LogP contribution in [-0.4, -0.2) is 7.11 Å². The molecule has 3 aromatic rings. The van der Waals surface area contributed by atoms with Crippen LogP contribution >= 0.6 is 0 Å². The van der Waals surface area contributed by atoms with Gasteiger partial charge in [-0.15, -0.1) is 0 Å². The van der Waals surface area contributed by atoms with E-state index in [0.717, 1.165) is 0 Å². The van der Waals surface area contributed by atoms with E-state index < -0.39 is 0 Å². The Balaban J connectivity index is 2.34. The average molecular weight is 296 g/mol. The summed E-state index contributed by atoms with van der Waals surface area (Å²) in [4.78, 5) is 12.5. The Labute approximate surface area is 127 Å². The molecule has 0 amide bonds. The Bertz CT molecular complexity index is 909. The zero-order chi connectivity index (χ0) is 15.9. The summed E-state index contributed by atoms with van der Waals surface area (Å²) in [6, 6.07) is 10.2. The molecule has 0 spiro atoms. The highest BCUT2D eigenvalue weighted by Gasteiger charge is 2.14. The molecule has 5 heteroatoms. The number of methoxy groups -OCH3 is 1. The molecular formula is C17H16N2O3. The van der Waals surface area contributed by atoms with Gasteiger partial charge in [0.15, 0.2) is 5.43 Å². The van der Waals surface area contributed by atoms with Crippen molar-refractivity contribution < 1.29 is 9.15 Å². The number of hydrogen-bond donors (Lipinski definition) is 2. The van der Waals surface area contributed by atoms with Crippen LogP contribution < -0.4 is 21.6 Å². The van der Waals surface area contributed by atoms with Gasteiger partial charge in [0.05, 0.1) is 12.5 Å². The molecule has 1 aromatic heterocycles. The molecule has 0 radical (unpaired) electrons. The molecule has 1 heterocycles. The highest BCUT2D eigenvalue weighted by atomic mass is 16.5. The van der Waals surface area contributed by atoms with Crippen LogP contribution in [0.1, 0.15) is 5.56 Å². The normalized spacial score (nSPS) is 10.8. The van der Waals surface area contributed by atoms with Gasteiger partial charge < -0.3 is 20.6 Å². The van der Waals surface area contributed by atoms with Crippen LogP contribution in [0.4, 0.5) is 11.4 Å². The number of hydrogen-bond acceptors (Lipinski definition) is 5. The molecule has 112 valence electrons. The fourth-order valence-corrected chi connectivity index (χ4v) is 2.48. The summed E-state index contributed by atoms with van der Waals surface area (Å²) >= 11 is 0. The maximum atomic E-state index is 12.5. The summed E-state index contributed by atoms with van der Waals surface area (Å²) in [5, 5.41) is 0.513. The minimum absolute atomic E-state index is 0.0834. The average Bonchev–Trinajstić information content (AvgIpc) is 2.49. The van der Waals surface area contributed by atoms with E-state index in [2.05, 4.69) is 0 Å². The molecule has 0 aliphatic rings. The molecule has 0 bridgehead atoms. The zero-order valence-electron chi connectivity index (χ0n) is 12.3. The SMILES string of the molecule is COc1ccc2c(=O)c(C)c(-c3cc(N)cc(N)c3)oc2c1. The number of rotatable bonds is 2. The van der Waals surface area contributed by atoms with Gasteiger partial charge in [0.1, 0.15) is 17.1 Å². The Hall–Kier alpha value is -2.95. The smallest absolute Gasteiger partial charge is 0.196 e. The first-order valence-electron chi connectivity index (χ1n) is 6.77. The molecule has 0 aliphatic carbocycles. The van der Waals surface area contributed by atoms with Crippen molar-refractivity contribution in [2.75, 3.05) is 18.6 Å². The van der Waals surface area contributed by atoms with E-state index >= 15 is 0 Å². The van der Waals surface area contributed by atoms with E-state index in [1.807, 2.05) is 0 Å². The molecule has 0 saturated heterocycles. The van der Waals surface area contributed by atoms with Gasteiger partial charge in [-0.2, -0.15) is 0 Å². The maximum Gasteiger partial charge on any atom is 0.196 e. The van der Waals surface area contributed by atoms with Crippen LogP contribution in [0.3, 0.4) is 0 Å². The van der Waals surface area contributed by atoms with Gasteiger partial charge >= 0.3 is 0 Å². The van der Waals surface area contributed by atoms with Crippen molar-refractivity contribution in [1.82, 2.24) is 0 Å². The van der Waals surface area contributed by atoms with Gasteiger partial charge in [-0.3, -0.25) is 4.79 Å². The third kappa shape index (κ3) is 2.26. The second-order valence-electron chi connectivity index (χ2n) is 5.14. The highest BCUT2D eigenvalue weighted by Crippen LogP contribution is 2.30. The fourth-order valence-electron chi connectivity index (χ4n) is 2.48. The summed E-state index contributed by atoms with van der Waals surface area (Å²) in [5.74, 6) is 1.09. The third-order valence-electron chi connectivity index (χ3n) is 3.57. The molecule has 2 aromatic carbocycles. The minimum atomic E-state index is -0.0834. The summed E-state index contributed by atoms with van der Waals surface area (Å²) in [6.45, 7) is 1.73. The lowest BCUT2D eigenvalue weighted by Crippen LogP contribution is -2.07. The lowest BCUT2D eigenvalue weighted by atomic mass is 10.0.